The van der Waals surface area contributed by atoms with E-state index in [-0.39, 0.29) is 5.75 Å². The first kappa shape index (κ1) is 16.4. The van der Waals surface area contributed by atoms with Crippen molar-refractivity contribution >= 4 is 11.4 Å². The topological polar surface area (TPSA) is 61.8 Å². The number of hydrogen-bond donors (Lipinski definition) is 2. The highest BCUT2D eigenvalue weighted by molar-refractivity contribution is 5.80. The molecule has 18 heavy (non-hydrogen) atoms. The van der Waals surface area contributed by atoms with Gasteiger partial charge in [0.25, 0.3) is 0 Å². The van der Waals surface area contributed by atoms with Crippen molar-refractivity contribution in [2.24, 2.45) is 10.8 Å². The average molecular weight is 251 g/mol. The summed E-state index contributed by atoms with van der Waals surface area (Å²) in [6, 6.07) is 5.17. The van der Waals surface area contributed by atoms with Crippen molar-refractivity contribution in [3.8, 4) is 5.75 Å². The van der Waals surface area contributed by atoms with Gasteiger partial charge in [0.1, 0.15) is 5.75 Å². The number of hydrazone groups is 1. The van der Waals surface area contributed by atoms with Gasteiger partial charge in [-0.05, 0) is 44.5 Å². The molecule has 3 N–H and O–H groups in total. The molecule has 4 heteroatoms. The molecule has 0 saturated heterocycles. The second kappa shape index (κ2) is 8.53. The van der Waals surface area contributed by atoms with Crippen molar-refractivity contribution in [1.29, 1.82) is 0 Å². The van der Waals surface area contributed by atoms with Gasteiger partial charge in [-0.1, -0.05) is 13.8 Å². The van der Waals surface area contributed by atoms with Crippen LogP contribution in [0.1, 0.15) is 40.2 Å². The zero-order valence-corrected chi connectivity index (χ0v) is 12.1. The fourth-order valence-corrected chi connectivity index (χ4v) is 1.52. The van der Waals surface area contributed by atoms with Gasteiger partial charge in [-0.3, -0.25) is 5.01 Å². The van der Waals surface area contributed by atoms with E-state index in [4.69, 9.17) is 5.73 Å². The van der Waals surface area contributed by atoms with Crippen LogP contribution >= 0.6 is 0 Å². The minimum atomic E-state index is 0.234. The Balaban J connectivity index is 0.00000137. The number of nitrogens with zero attached hydrogens (tertiary/aromatic N) is 2. The maximum absolute atomic E-state index is 9.40. The lowest BCUT2D eigenvalue weighted by Crippen LogP contribution is -2.19. The van der Waals surface area contributed by atoms with E-state index in [9.17, 15) is 5.11 Å². The van der Waals surface area contributed by atoms with Gasteiger partial charge in [0, 0.05) is 18.8 Å². The maximum atomic E-state index is 9.40. The first-order valence-electron chi connectivity index (χ1n) is 6.39. The van der Waals surface area contributed by atoms with E-state index in [0.29, 0.717) is 6.54 Å². The molecule has 0 aliphatic carbocycles. The lowest BCUT2D eigenvalue weighted by atomic mass is 10.1. The van der Waals surface area contributed by atoms with Crippen LogP contribution in [0.4, 0.5) is 5.69 Å². The van der Waals surface area contributed by atoms with Gasteiger partial charge in [0.2, 0.25) is 0 Å². The number of benzene rings is 1. The van der Waals surface area contributed by atoms with Gasteiger partial charge < -0.3 is 10.8 Å². The Hall–Kier alpha value is -1.55. The molecule has 0 amide bonds. The Bertz CT molecular complexity index is 385. The van der Waals surface area contributed by atoms with Crippen molar-refractivity contribution in [2.75, 3.05) is 11.6 Å². The number of hydrogen-bond acceptors (Lipinski definition) is 4. The van der Waals surface area contributed by atoms with E-state index in [1.54, 1.807) is 12.1 Å². The van der Waals surface area contributed by atoms with Crippen molar-refractivity contribution in [3.05, 3.63) is 23.8 Å². The van der Waals surface area contributed by atoms with Gasteiger partial charge in [-0.15, -0.1) is 0 Å². The summed E-state index contributed by atoms with van der Waals surface area (Å²) < 4.78 is 0. The molecule has 0 bridgehead atoms. The Morgan fingerprint density at radius 1 is 1.33 bits per heavy atom. The molecule has 0 aliphatic rings. The van der Waals surface area contributed by atoms with Crippen molar-refractivity contribution < 1.29 is 5.11 Å². The van der Waals surface area contributed by atoms with Crippen molar-refractivity contribution in [1.82, 2.24) is 0 Å². The number of phenols is 1. The third-order valence-corrected chi connectivity index (χ3v) is 2.18. The molecule has 4 nitrogen and oxygen atoms in total. The van der Waals surface area contributed by atoms with Crippen molar-refractivity contribution in [3.63, 3.8) is 0 Å². The molecule has 1 aromatic rings. The number of nitrogens with two attached hydrogens (primary N) is 1. The van der Waals surface area contributed by atoms with E-state index in [2.05, 4.69) is 5.10 Å². The first-order chi connectivity index (χ1) is 8.58. The number of rotatable bonds is 4. The predicted molar refractivity (Wildman–Crippen MR) is 79.1 cm³/mol. The summed E-state index contributed by atoms with van der Waals surface area (Å²) >= 11 is 0. The Labute approximate surface area is 110 Å². The highest BCUT2D eigenvalue weighted by atomic mass is 16.3. The van der Waals surface area contributed by atoms with E-state index >= 15 is 0 Å². The van der Waals surface area contributed by atoms with Crippen LogP contribution in [0, 0.1) is 0 Å². The van der Waals surface area contributed by atoms with E-state index in [1.165, 1.54) is 0 Å². The summed E-state index contributed by atoms with van der Waals surface area (Å²) in [7, 11) is 0. The van der Waals surface area contributed by atoms with Crippen LogP contribution in [0.2, 0.25) is 0 Å². The van der Waals surface area contributed by atoms with Gasteiger partial charge in [0.05, 0.1) is 5.69 Å². The third-order valence-electron chi connectivity index (χ3n) is 2.18. The fourth-order valence-electron chi connectivity index (χ4n) is 1.52. The van der Waals surface area contributed by atoms with Crippen molar-refractivity contribution in [2.45, 2.75) is 41.2 Å². The molecular formula is C14H25N3O. The smallest absolute Gasteiger partial charge is 0.116 e. The van der Waals surface area contributed by atoms with Gasteiger partial charge in [-0.25, -0.2) is 0 Å². The summed E-state index contributed by atoms with van der Waals surface area (Å²) in [5.41, 5.74) is 8.48. The molecule has 0 atom stereocenters. The SMILES string of the molecule is CC.CCN(N=C(C)C)c1ccc(O)cc1CN. The van der Waals surface area contributed by atoms with Gasteiger partial charge >= 0.3 is 0 Å². The Kier molecular flexibility index (Phi) is 7.79. The second-order valence-corrected chi connectivity index (χ2v) is 3.78. The highest BCUT2D eigenvalue weighted by Gasteiger charge is 2.08. The Morgan fingerprint density at radius 2 is 1.94 bits per heavy atom. The van der Waals surface area contributed by atoms with Crippen LogP contribution in [0.5, 0.6) is 5.75 Å². The fraction of sp³-hybridized carbons (Fsp3) is 0.500. The molecular weight excluding hydrogens is 226 g/mol. The molecule has 0 radical (unpaired) electrons. The predicted octanol–water partition coefficient (Wildman–Crippen LogP) is 3.10. The van der Waals surface area contributed by atoms with E-state index in [0.717, 1.165) is 23.5 Å². The molecule has 0 aliphatic heterocycles. The number of aromatic hydroxyl groups is 1. The van der Waals surface area contributed by atoms with Gasteiger partial charge in [0.15, 0.2) is 0 Å². The molecule has 0 fully saturated rings. The molecule has 1 aromatic carbocycles. The Morgan fingerprint density at radius 3 is 2.39 bits per heavy atom. The summed E-state index contributed by atoms with van der Waals surface area (Å²) in [4.78, 5) is 0. The largest absolute Gasteiger partial charge is 0.508 e. The second-order valence-electron chi connectivity index (χ2n) is 3.78. The van der Waals surface area contributed by atoms with Gasteiger partial charge in [-0.2, -0.15) is 5.10 Å². The zero-order valence-electron chi connectivity index (χ0n) is 12.1. The molecule has 1 rings (SSSR count). The van der Waals surface area contributed by atoms with E-state index in [1.807, 2.05) is 45.7 Å². The van der Waals surface area contributed by atoms with Crippen LogP contribution < -0.4 is 10.7 Å². The molecule has 0 heterocycles. The minimum absolute atomic E-state index is 0.234. The molecule has 102 valence electrons. The molecule has 0 aromatic heterocycles. The lowest BCUT2D eigenvalue weighted by molar-refractivity contribution is 0.474. The van der Waals surface area contributed by atoms with Crippen LogP contribution in [0.25, 0.3) is 0 Å². The standard InChI is InChI=1S/C12H19N3O.C2H6/c1-4-15(14-9(2)3)12-6-5-11(16)7-10(12)8-13;1-2/h5-7,16H,4,8,13H2,1-3H3;1-2H3. The van der Waals surface area contributed by atoms with Crippen LogP contribution in [-0.2, 0) is 6.54 Å². The monoisotopic (exact) mass is 251 g/mol. The average Bonchev–Trinajstić information content (AvgIpc) is 2.38. The zero-order chi connectivity index (χ0) is 14.1. The third kappa shape index (κ3) is 4.75. The summed E-state index contributed by atoms with van der Waals surface area (Å²) in [5, 5.41) is 15.7. The molecule has 0 unspecified atom stereocenters. The molecule has 0 saturated carbocycles. The first-order valence-corrected chi connectivity index (χ1v) is 6.39. The number of phenolic OH excluding ortho intramolecular Hbond substituents is 1. The lowest BCUT2D eigenvalue weighted by Gasteiger charge is -2.20. The van der Waals surface area contributed by atoms with E-state index < -0.39 is 0 Å². The van der Waals surface area contributed by atoms with Crippen LogP contribution in [0.3, 0.4) is 0 Å². The number of anilines is 1. The summed E-state index contributed by atoms with van der Waals surface area (Å²) in [6.45, 7) is 11.1. The quantitative estimate of drug-likeness (QED) is 0.638. The minimum Gasteiger partial charge on any atom is -0.508 e. The normalized spacial score (nSPS) is 9.22. The highest BCUT2D eigenvalue weighted by Crippen LogP contribution is 2.24. The summed E-state index contributed by atoms with van der Waals surface area (Å²) in [6.07, 6.45) is 0. The maximum Gasteiger partial charge on any atom is 0.116 e. The summed E-state index contributed by atoms with van der Waals surface area (Å²) in [5.74, 6) is 0.234. The molecule has 0 spiro atoms. The van der Waals surface area contributed by atoms with Crippen LogP contribution in [0.15, 0.2) is 23.3 Å². The van der Waals surface area contributed by atoms with Crippen LogP contribution in [-0.4, -0.2) is 17.4 Å².